The summed E-state index contributed by atoms with van der Waals surface area (Å²) in [5.74, 6) is 1.93. The van der Waals surface area contributed by atoms with Crippen molar-refractivity contribution in [3.63, 3.8) is 0 Å². The number of rotatable bonds is 8. The van der Waals surface area contributed by atoms with Crippen LogP contribution in [-0.2, 0) is 24.3 Å². The average Bonchev–Trinajstić information content (AvgIpc) is 3.23. The molecule has 5 heteroatoms. The number of ether oxygens (including phenoxy) is 1. The fraction of sp³-hybridized carbons (Fsp3) is 0.412. The number of hydrogen-bond donors (Lipinski definition) is 1. The minimum absolute atomic E-state index is 0.0715. The molecule has 1 saturated heterocycles. The SMILES string of the molecule is CC(C)(C)Oc1ccc(CN2C[C@H]3C[C@]4(C(=O)NCc5ccccc5)N=C[C@H]3[C@H]2[C@H]4Cc2ccccc2)cc1. The standard InChI is InChI=1S/C34H39N3O2/c1-33(2,3)39-28-16-14-26(15-17-28)22-37-23-27-19-34(32(38)35-20-25-12-8-5-9-13-25)30(31(37)29(27)21-36-34)18-24-10-6-4-7-11-24/h4-17,21,27,29-31H,18-20,22-23H2,1-3H3,(H,35,38)/t27-,29-,30-,31+,34+/m1/s1. The highest BCUT2D eigenvalue weighted by molar-refractivity contribution is 5.91. The molecule has 1 N–H and O–H groups in total. The van der Waals surface area contributed by atoms with Crippen molar-refractivity contribution < 1.29 is 9.53 Å². The Bertz CT molecular complexity index is 1320. The highest BCUT2D eigenvalue weighted by Crippen LogP contribution is 2.54. The van der Waals surface area contributed by atoms with Crippen LogP contribution in [0.25, 0.3) is 0 Å². The first kappa shape index (κ1) is 25.8. The molecule has 3 aliphatic heterocycles. The summed E-state index contributed by atoms with van der Waals surface area (Å²) in [6, 6.07) is 29.6. The monoisotopic (exact) mass is 521 g/mol. The fourth-order valence-corrected chi connectivity index (χ4v) is 7.03. The van der Waals surface area contributed by atoms with Crippen LogP contribution in [-0.4, -0.2) is 40.7 Å². The van der Waals surface area contributed by atoms with Crippen LogP contribution in [0.2, 0.25) is 0 Å². The Balaban J connectivity index is 1.26. The predicted molar refractivity (Wildman–Crippen MR) is 156 cm³/mol. The van der Waals surface area contributed by atoms with Crippen LogP contribution < -0.4 is 10.1 Å². The number of aliphatic imine (C=N–C) groups is 1. The van der Waals surface area contributed by atoms with E-state index < -0.39 is 5.54 Å². The first-order chi connectivity index (χ1) is 18.8. The smallest absolute Gasteiger partial charge is 0.248 e. The van der Waals surface area contributed by atoms with Gasteiger partial charge >= 0.3 is 0 Å². The van der Waals surface area contributed by atoms with E-state index in [9.17, 15) is 4.79 Å². The largest absolute Gasteiger partial charge is 0.488 e. The molecular weight excluding hydrogens is 482 g/mol. The normalized spacial score (nSPS) is 27.5. The zero-order valence-electron chi connectivity index (χ0n) is 23.2. The van der Waals surface area contributed by atoms with Crippen molar-refractivity contribution in [1.82, 2.24) is 10.2 Å². The number of nitrogens with one attached hydrogen (secondary N) is 1. The summed E-state index contributed by atoms with van der Waals surface area (Å²) in [5.41, 5.74) is 2.71. The molecule has 3 aromatic carbocycles. The van der Waals surface area contributed by atoms with Gasteiger partial charge in [-0.2, -0.15) is 0 Å². The van der Waals surface area contributed by atoms with Gasteiger partial charge in [0.15, 0.2) is 0 Å². The van der Waals surface area contributed by atoms with E-state index in [0.29, 0.717) is 18.4 Å². The molecule has 202 valence electrons. The van der Waals surface area contributed by atoms with E-state index in [1.54, 1.807) is 0 Å². The summed E-state index contributed by atoms with van der Waals surface area (Å²) < 4.78 is 6.04. The number of likely N-dealkylation sites (tertiary alicyclic amines) is 1. The van der Waals surface area contributed by atoms with Gasteiger partial charge in [0.05, 0.1) is 0 Å². The molecule has 7 rings (SSSR count). The molecule has 5 nitrogen and oxygen atoms in total. The first-order valence-corrected chi connectivity index (χ1v) is 14.2. The van der Waals surface area contributed by atoms with Crippen LogP contribution in [0.3, 0.4) is 0 Å². The molecule has 0 aromatic heterocycles. The molecule has 3 aromatic rings. The molecule has 39 heavy (non-hydrogen) atoms. The maximum atomic E-state index is 14.0. The highest BCUT2D eigenvalue weighted by atomic mass is 16.5. The lowest BCUT2D eigenvalue weighted by molar-refractivity contribution is -0.132. The van der Waals surface area contributed by atoms with E-state index in [1.807, 2.05) is 18.2 Å². The van der Waals surface area contributed by atoms with Crippen molar-refractivity contribution in [1.29, 1.82) is 0 Å². The van der Waals surface area contributed by atoms with Crippen molar-refractivity contribution in [2.75, 3.05) is 6.54 Å². The number of carbonyl (C=O) groups is 1. The molecule has 1 amide bonds. The lowest BCUT2D eigenvalue weighted by atomic mass is 9.59. The molecule has 2 fully saturated rings. The highest BCUT2D eigenvalue weighted by Gasteiger charge is 2.63. The predicted octanol–water partition coefficient (Wildman–Crippen LogP) is 5.68. The number of amides is 1. The molecule has 1 aliphatic carbocycles. The molecule has 0 spiro atoms. The second kappa shape index (κ2) is 10.3. The third-order valence-corrected chi connectivity index (χ3v) is 8.63. The van der Waals surface area contributed by atoms with Crippen molar-refractivity contribution in [2.45, 2.75) is 63.9 Å². The number of carbonyl (C=O) groups excluding carboxylic acids is 1. The Morgan fingerprint density at radius 3 is 2.28 bits per heavy atom. The van der Waals surface area contributed by atoms with Gasteiger partial charge in [-0.1, -0.05) is 72.8 Å². The van der Waals surface area contributed by atoms with Crippen molar-refractivity contribution in [2.24, 2.45) is 22.7 Å². The summed E-state index contributed by atoms with van der Waals surface area (Å²) in [6.07, 6.45) is 3.79. The van der Waals surface area contributed by atoms with E-state index in [1.165, 1.54) is 11.1 Å². The Morgan fingerprint density at radius 1 is 0.949 bits per heavy atom. The number of hydrogen-bond acceptors (Lipinski definition) is 4. The summed E-state index contributed by atoms with van der Waals surface area (Å²) >= 11 is 0. The minimum atomic E-state index is -0.728. The molecule has 1 saturated carbocycles. The third-order valence-electron chi connectivity index (χ3n) is 8.63. The van der Waals surface area contributed by atoms with Crippen LogP contribution in [0.4, 0.5) is 0 Å². The van der Waals surface area contributed by atoms with Crippen LogP contribution in [0.15, 0.2) is 89.9 Å². The Labute approximate surface area is 232 Å². The van der Waals surface area contributed by atoms with E-state index in [0.717, 1.165) is 37.2 Å². The van der Waals surface area contributed by atoms with Gasteiger partial charge in [0.2, 0.25) is 5.91 Å². The molecule has 3 heterocycles. The van der Waals surface area contributed by atoms with Gasteiger partial charge in [-0.05, 0) is 68.4 Å². The summed E-state index contributed by atoms with van der Waals surface area (Å²) in [4.78, 5) is 21.7. The maximum absolute atomic E-state index is 14.0. The van der Waals surface area contributed by atoms with Crippen LogP contribution in [0, 0.1) is 17.8 Å². The van der Waals surface area contributed by atoms with Crippen LogP contribution in [0.5, 0.6) is 5.75 Å². The zero-order chi connectivity index (χ0) is 27.0. The lowest BCUT2D eigenvalue weighted by Crippen LogP contribution is -2.63. The van der Waals surface area contributed by atoms with E-state index >= 15 is 0 Å². The second-order valence-electron chi connectivity index (χ2n) is 12.5. The lowest BCUT2D eigenvalue weighted by Gasteiger charge is -2.51. The van der Waals surface area contributed by atoms with E-state index in [-0.39, 0.29) is 23.5 Å². The summed E-state index contributed by atoms with van der Waals surface area (Å²) in [5, 5.41) is 3.27. The third kappa shape index (κ3) is 5.25. The van der Waals surface area contributed by atoms with E-state index in [2.05, 4.69) is 104 Å². The summed E-state index contributed by atoms with van der Waals surface area (Å²) in [6.45, 7) is 8.61. The molecule has 4 aliphatic rings. The second-order valence-corrected chi connectivity index (χ2v) is 12.5. The molecule has 4 bridgehead atoms. The van der Waals surface area contributed by atoms with Crippen LogP contribution >= 0.6 is 0 Å². The van der Waals surface area contributed by atoms with Crippen molar-refractivity contribution in [3.8, 4) is 5.75 Å². The van der Waals surface area contributed by atoms with Gasteiger partial charge in [-0.25, -0.2) is 0 Å². The fourth-order valence-electron chi connectivity index (χ4n) is 7.03. The van der Waals surface area contributed by atoms with Crippen LogP contribution in [0.1, 0.15) is 43.9 Å². The van der Waals surface area contributed by atoms with Gasteiger partial charge in [-0.15, -0.1) is 0 Å². The Kier molecular flexibility index (Phi) is 6.80. The van der Waals surface area contributed by atoms with Crippen molar-refractivity contribution >= 4 is 12.1 Å². The topological polar surface area (TPSA) is 53.9 Å². The van der Waals surface area contributed by atoms with E-state index in [4.69, 9.17) is 9.73 Å². The molecular formula is C34H39N3O2. The molecule has 5 atom stereocenters. The molecule has 0 unspecified atom stereocenters. The maximum Gasteiger partial charge on any atom is 0.248 e. The van der Waals surface area contributed by atoms with Crippen molar-refractivity contribution in [3.05, 3.63) is 102 Å². The minimum Gasteiger partial charge on any atom is -0.488 e. The number of nitrogens with zero attached hydrogens (tertiary/aromatic N) is 2. The summed E-state index contributed by atoms with van der Waals surface area (Å²) in [7, 11) is 0. The van der Waals surface area contributed by atoms with Gasteiger partial charge in [0.25, 0.3) is 0 Å². The van der Waals surface area contributed by atoms with Gasteiger partial charge in [-0.3, -0.25) is 14.7 Å². The van der Waals surface area contributed by atoms with Gasteiger partial charge in [0, 0.05) is 43.7 Å². The molecule has 0 radical (unpaired) electrons. The first-order valence-electron chi connectivity index (χ1n) is 14.2. The average molecular weight is 522 g/mol. The van der Waals surface area contributed by atoms with Gasteiger partial charge < -0.3 is 10.1 Å². The number of benzene rings is 3. The quantitative estimate of drug-likeness (QED) is 0.415. The zero-order valence-corrected chi connectivity index (χ0v) is 23.2. The Hall–Kier alpha value is -3.44. The Morgan fingerprint density at radius 2 is 1.62 bits per heavy atom. The van der Waals surface area contributed by atoms with Gasteiger partial charge in [0.1, 0.15) is 16.9 Å².